The number of alkyl halides is 3. The van der Waals surface area contributed by atoms with Gasteiger partial charge in [-0.2, -0.15) is 0 Å². The molecule has 3 aromatic rings. The number of halogens is 3. The number of Topliss-reactive ketones (excluding diaryl/α,β-unsaturated/α-hetero) is 2. The van der Waals surface area contributed by atoms with E-state index in [1.165, 1.54) is 18.3 Å². The van der Waals surface area contributed by atoms with E-state index < -0.39 is 6.36 Å². The first-order chi connectivity index (χ1) is 22.6. The van der Waals surface area contributed by atoms with Gasteiger partial charge in [-0.1, -0.05) is 12.1 Å². The van der Waals surface area contributed by atoms with Crippen LogP contribution in [0.3, 0.4) is 0 Å². The van der Waals surface area contributed by atoms with Crippen molar-refractivity contribution >= 4 is 17.5 Å². The average Bonchev–Trinajstić information content (AvgIpc) is 3.92. The zero-order valence-corrected chi connectivity index (χ0v) is 26.1. The van der Waals surface area contributed by atoms with Crippen molar-refractivity contribution in [1.82, 2.24) is 14.8 Å². The first kappa shape index (κ1) is 32.7. The maximum atomic E-state index is 13.1. The molecule has 3 aliphatic rings. The maximum Gasteiger partial charge on any atom is 0.573 e. The summed E-state index contributed by atoms with van der Waals surface area (Å²) in [4.78, 5) is 46.6. The van der Waals surface area contributed by atoms with Gasteiger partial charge in [-0.05, 0) is 98.8 Å². The third-order valence-electron chi connectivity index (χ3n) is 9.17. The topological polar surface area (TPSA) is 89.0 Å². The van der Waals surface area contributed by atoms with Crippen LogP contribution in [0.5, 0.6) is 11.5 Å². The van der Waals surface area contributed by atoms with Gasteiger partial charge >= 0.3 is 6.36 Å². The number of ketones is 2. The summed E-state index contributed by atoms with van der Waals surface area (Å²) in [5.41, 5.74) is 2.43. The highest BCUT2D eigenvalue weighted by atomic mass is 19.4. The Kier molecular flexibility index (Phi) is 9.91. The Hall–Kier alpha value is -4.25. The number of hydrogen-bond acceptors (Lipinski definition) is 7. The second-order valence-electron chi connectivity index (χ2n) is 12.7. The summed E-state index contributed by atoms with van der Waals surface area (Å²) >= 11 is 0. The molecule has 0 bridgehead atoms. The summed E-state index contributed by atoms with van der Waals surface area (Å²) < 4.78 is 47.2. The van der Waals surface area contributed by atoms with Crippen LogP contribution < -0.4 is 9.47 Å². The number of carbonyl (C=O) groups excluding carboxylic acids is 3. The van der Waals surface area contributed by atoms with Gasteiger partial charge in [0.15, 0.2) is 11.6 Å². The second kappa shape index (κ2) is 14.3. The molecule has 248 valence electrons. The van der Waals surface area contributed by atoms with Crippen LogP contribution in [-0.2, 0) is 6.54 Å². The van der Waals surface area contributed by atoms with Crippen LogP contribution in [0.2, 0.25) is 0 Å². The number of aromatic nitrogens is 1. The van der Waals surface area contributed by atoms with E-state index in [4.69, 9.17) is 4.74 Å². The van der Waals surface area contributed by atoms with E-state index in [1.54, 1.807) is 29.2 Å². The van der Waals surface area contributed by atoms with Crippen molar-refractivity contribution in [2.24, 2.45) is 11.8 Å². The van der Waals surface area contributed by atoms with Crippen molar-refractivity contribution in [3.63, 3.8) is 0 Å². The van der Waals surface area contributed by atoms with Gasteiger partial charge in [-0.25, -0.2) is 0 Å². The van der Waals surface area contributed by atoms with E-state index in [0.717, 1.165) is 55.6 Å². The number of ether oxygens (including phenoxy) is 2. The quantitative estimate of drug-likeness (QED) is 0.213. The third kappa shape index (κ3) is 8.97. The van der Waals surface area contributed by atoms with Gasteiger partial charge < -0.3 is 14.4 Å². The molecule has 1 saturated carbocycles. The van der Waals surface area contributed by atoms with Gasteiger partial charge in [-0.15, -0.1) is 13.2 Å². The molecule has 8 nitrogen and oxygen atoms in total. The van der Waals surface area contributed by atoms with Crippen LogP contribution in [0.4, 0.5) is 13.2 Å². The Morgan fingerprint density at radius 3 is 2.00 bits per heavy atom. The Bertz CT molecular complexity index is 1540. The van der Waals surface area contributed by atoms with Crippen molar-refractivity contribution in [2.45, 2.75) is 64.0 Å². The fraction of sp³-hybridized carbons (Fsp3) is 0.444. The summed E-state index contributed by atoms with van der Waals surface area (Å²) in [6.07, 6.45) is 2.19. The first-order valence-electron chi connectivity index (χ1n) is 16.3. The van der Waals surface area contributed by atoms with Gasteiger partial charge in [0.05, 0.1) is 0 Å². The second-order valence-corrected chi connectivity index (χ2v) is 12.7. The van der Waals surface area contributed by atoms with Gasteiger partial charge in [-0.3, -0.25) is 24.3 Å². The number of amides is 1. The molecule has 6 rings (SSSR count). The number of benzene rings is 2. The lowest BCUT2D eigenvalue weighted by molar-refractivity contribution is -0.274. The zero-order chi connectivity index (χ0) is 33.0. The highest BCUT2D eigenvalue weighted by Gasteiger charge is 2.32. The molecule has 0 radical (unpaired) electrons. The minimum absolute atomic E-state index is 0.00176. The van der Waals surface area contributed by atoms with Gasteiger partial charge in [0, 0.05) is 62.1 Å². The number of nitrogens with zero attached hydrogens (tertiary/aromatic N) is 3. The fourth-order valence-electron chi connectivity index (χ4n) is 6.28. The van der Waals surface area contributed by atoms with E-state index >= 15 is 0 Å². The normalized spacial score (nSPS) is 18.1. The summed E-state index contributed by atoms with van der Waals surface area (Å²) in [6, 6.07) is 16.5. The Balaban J connectivity index is 0.909. The zero-order valence-electron chi connectivity index (χ0n) is 26.1. The lowest BCUT2D eigenvalue weighted by Crippen LogP contribution is -2.42. The van der Waals surface area contributed by atoms with E-state index in [0.29, 0.717) is 50.2 Å². The largest absolute Gasteiger partial charge is 0.573 e. The molecule has 3 fully saturated rings. The third-order valence-corrected chi connectivity index (χ3v) is 9.17. The first-order valence-corrected chi connectivity index (χ1v) is 16.3. The monoisotopic (exact) mass is 649 g/mol. The molecule has 0 N–H and O–H groups in total. The predicted molar refractivity (Wildman–Crippen MR) is 167 cm³/mol. The van der Waals surface area contributed by atoms with Crippen molar-refractivity contribution in [3.05, 3.63) is 89.2 Å². The number of rotatable bonds is 11. The SMILES string of the molecule is O=C(CC1CCN(Cc2ccc(OC(F)(F)F)cc2)CC1)c1ccc(C(=O)N2CCC(Oc3ccc(C(=O)C4CC4)cc3)CC2)nc1. The van der Waals surface area contributed by atoms with Gasteiger partial charge in [0.2, 0.25) is 0 Å². The van der Waals surface area contributed by atoms with Crippen molar-refractivity contribution < 1.29 is 37.0 Å². The van der Waals surface area contributed by atoms with E-state index in [2.05, 4.69) is 14.6 Å². The number of piperidine rings is 2. The molecule has 1 aliphatic carbocycles. The molecule has 1 aromatic heterocycles. The highest BCUT2D eigenvalue weighted by molar-refractivity contribution is 5.99. The van der Waals surface area contributed by atoms with Gasteiger partial charge in [0.1, 0.15) is 23.3 Å². The lowest BCUT2D eigenvalue weighted by Gasteiger charge is -2.32. The minimum Gasteiger partial charge on any atom is -0.490 e. The van der Waals surface area contributed by atoms with E-state index in [1.807, 2.05) is 24.3 Å². The van der Waals surface area contributed by atoms with Crippen molar-refractivity contribution in [2.75, 3.05) is 26.2 Å². The van der Waals surface area contributed by atoms with Crippen molar-refractivity contribution in [3.8, 4) is 11.5 Å². The van der Waals surface area contributed by atoms with Crippen LogP contribution in [0.25, 0.3) is 0 Å². The Labute approximate surface area is 271 Å². The summed E-state index contributed by atoms with van der Waals surface area (Å²) in [7, 11) is 0. The molecule has 3 heterocycles. The molecule has 0 atom stereocenters. The van der Waals surface area contributed by atoms with Gasteiger partial charge in [0.25, 0.3) is 5.91 Å². The minimum atomic E-state index is -4.71. The number of carbonyl (C=O) groups is 3. The number of likely N-dealkylation sites (tertiary alicyclic amines) is 2. The maximum absolute atomic E-state index is 13.1. The molecule has 2 aliphatic heterocycles. The van der Waals surface area contributed by atoms with E-state index in [9.17, 15) is 27.6 Å². The summed E-state index contributed by atoms with van der Waals surface area (Å²) in [6.45, 7) is 3.29. The van der Waals surface area contributed by atoms with Crippen molar-refractivity contribution in [1.29, 1.82) is 0 Å². The van der Waals surface area contributed by atoms with Crippen LogP contribution in [0.15, 0.2) is 66.9 Å². The summed E-state index contributed by atoms with van der Waals surface area (Å²) in [5, 5.41) is 0. The fourth-order valence-corrected chi connectivity index (χ4v) is 6.28. The molecule has 1 amide bonds. The molecule has 11 heteroatoms. The predicted octanol–water partition coefficient (Wildman–Crippen LogP) is 6.74. The molecular weight excluding hydrogens is 611 g/mol. The van der Waals surface area contributed by atoms with Crippen LogP contribution in [-0.4, -0.2) is 70.9 Å². The Morgan fingerprint density at radius 2 is 1.40 bits per heavy atom. The smallest absolute Gasteiger partial charge is 0.490 e. The average molecular weight is 650 g/mol. The molecular formula is C36H38F3N3O5. The number of pyridine rings is 1. The molecule has 0 spiro atoms. The standard InChI is InChI=1S/C36H38F3N3O5/c37-36(38,39)47-31-8-1-25(2-9-31)23-41-17-13-24(14-18-41)21-33(43)28-7-12-32(40-22-28)35(45)42-19-15-30(16-20-42)46-29-10-5-27(6-11-29)34(44)26-3-4-26/h1-2,5-12,22,24,26,30H,3-4,13-21,23H2. The van der Waals surface area contributed by atoms with Crippen LogP contribution >= 0.6 is 0 Å². The summed E-state index contributed by atoms with van der Waals surface area (Å²) in [5.74, 6) is 0.943. The lowest BCUT2D eigenvalue weighted by atomic mass is 9.90. The van der Waals surface area contributed by atoms with Crippen LogP contribution in [0.1, 0.15) is 81.7 Å². The van der Waals surface area contributed by atoms with Crippen LogP contribution in [0, 0.1) is 11.8 Å². The Morgan fingerprint density at radius 1 is 0.766 bits per heavy atom. The molecule has 47 heavy (non-hydrogen) atoms. The number of hydrogen-bond donors (Lipinski definition) is 0. The molecule has 0 unspecified atom stereocenters. The molecule has 2 aromatic carbocycles. The molecule has 2 saturated heterocycles. The van der Waals surface area contributed by atoms with E-state index in [-0.39, 0.29) is 41.2 Å². The highest BCUT2D eigenvalue weighted by Crippen LogP contribution is 2.33.